The van der Waals surface area contributed by atoms with E-state index in [1.54, 1.807) is 0 Å². The van der Waals surface area contributed by atoms with Crippen LogP contribution in [0.5, 0.6) is 0 Å². The summed E-state index contributed by atoms with van der Waals surface area (Å²) in [5, 5.41) is 8.41. The predicted molar refractivity (Wildman–Crippen MR) is 156 cm³/mol. The van der Waals surface area contributed by atoms with Crippen molar-refractivity contribution in [1.82, 2.24) is 0 Å². The average molecular weight is 491 g/mol. The second-order valence-electron chi connectivity index (χ2n) is 12.2. The molecular weight excluding hydrogens is 454 g/mol. The molecule has 0 unspecified atom stereocenters. The van der Waals surface area contributed by atoms with E-state index in [1.807, 2.05) is 11.8 Å². The van der Waals surface area contributed by atoms with E-state index < -0.39 is 0 Å². The number of rotatable bonds is 3. The van der Waals surface area contributed by atoms with Gasteiger partial charge in [-0.15, -0.1) is 0 Å². The van der Waals surface area contributed by atoms with E-state index in [1.165, 1.54) is 70.1 Å². The lowest BCUT2D eigenvalue weighted by molar-refractivity contribution is -0.659. The van der Waals surface area contributed by atoms with Gasteiger partial charge in [0.25, 0.3) is 0 Å². The lowest BCUT2D eigenvalue weighted by atomic mass is 9.84. The quantitative estimate of drug-likeness (QED) is 0.177. The van der Waals surface area contributed by atoms with Crippen molar-refractivity contribution in [1.29, 1.82) is 0 Å². The molecule has 6 rings (SSSR count). The zero-order valence-corrected chi connectivity index (χ0v) is 23.4. The van der Waals surface area contributed by atoms with Crippen molar-refractivity contribution < 1.29 is 4.57 Å². The molecule has 4 aromatic carbocycles. The van der Waals surface area contributed by atoms with Crippen molar-refractivity contribution in [2.24, 2.45) is 18.4 Å². The largest absolute Gasteiger partial charge is 0.222 e. The van der Waals surface area contributed by atoms with Crippen molar-refractivity contribution in [3.8, 4) is 11.3 Å². The van der Waals surface area contributed by atoms with Gasteiger partial charge in [0, 0.05) is 21.2 Å². The van der Waals surface area contributed by atoms with Gasteiger partial charge in [0.2, 0.25) is 5.69 Å². The maximum Gasteiger partial charge on any atom is 0.222 e. The Morgan fingerprint density at radius 3 is 2.36 bits per heavy atom. The summed E-state index contributed by atoms with van der Waals surface area (Å²) in [5.41, 5.74) is 7.41. The first-order valence-corrected chi connectivity index (χ1v) is 14.0. The summed E-state index contributed by atoms with van der Waals surface area (Å²) < 4.78 is 2.36. The fourth-order valence-electron chi connectivity index (χ4n) is 6.26. The molecule has 0 spiro atoms. The number of hydrogen-bond donors (Lipinski definition) is 0. The fraction of sp³-hybridized carbons (Fsp3) is 0.324. The molecule has 1 aromatic heterocycles. The molecule has 0 N–H and O–H groups in total. The molecule has 0 radical (unpaired) electrons. The van der Waals surface area contributed by atoms with E-state index in [4.69, 9.17) is 0 Å². The number of aromatic nitrogens is 1. The lowest BCUT2D eigenvalue weighted by Gasteiger charge is -2.26. The van der Waals surface area contributed by atoms with Crippen molar-refractivity contribution in [3.05, 3.63) is 77.5 Å². The summed E-state index contributed by atoms with van der Waals surface area (Å²) in [5.74, 6) is 0.600. The van der Waals surface area contributed by atoms with Gasteiger partial charge < -0.3 is 0 Å². The minimum absolute atomic E-state index is 0.237. The van der Waals surface area contributed by atoms with Crippen LogP contribution in [0, 0.1) is 18.3 Å². The van der Waals surface area contributed by atoms with E-state index in [2.05, 4.69) is 114 Å². The highest BCUT2D eigenvalue weighted by Crippen LogP contribution is 2.53. The molecule has 0 aliphatic carbocycles. The van der Waals surface area contributed by atoms with E-state index in [0.29, 0.717) is 5.92 Å². The second kappa shape index (κ2) is 8.35. The summed E-state index contributed by atoms with van der Waals surface area (Å²) in [7, 11) is 2.22. The Morgan fingerprint density at radius 1 is 0.889 bits per heavy atom. The molecule has 0 saturated heterocycles. The van der Waals surface area contributed by atoms with Crippen LogP contribution in [0.15, 0.2) is 70.6 Å². The van der Waals surface area contributed by atoms with E-state index in [0.717, 1.165) is 12.8 Å². The van der Waals surface area contributed by atoms with Crippen LogP contribution in [0.2, 0.25) is 0 Å². The van der Waals surface area contributed by atoms with Gasteiger partial charge >= 0.3 is 0 Å². The van der Waals surface area contributed by atoms with Gasteiger partial charge in [0.05, 0.1) is 10.9 Å². The molecular formula is C34H36NS+. The third-order valence-electron chi connectivity index (χ3n) is 7.62. The molecule has 5 aromatic rings. The monoisotopic (exact) mass is 490 g/mol. The smallest absolute Gasteiger partial charge is 0.200 e. The van der Waals surface area contributed by atoms with Crippen molar-refractivity contribution >= 4 is 44.1 Å². The highest BCUT2D eigenvalue weighted by Gasteiger charge is 2.32. The molecule has 1 nitrogen and oxygen atoms in total. The Hall–Kier alpha value is -2.84. The molecule has 1 aliphatic rings. The van der Waals surface area contributed by atoms with Crippen LogP contribution in [0.25, 0.3) is 43.6 Å². The topological polar surface area (TPSA) is 3.88 Å². The number of aryl methyl sites for hydroxylation is 2. The Labute approximate surface area is 219 Å². The first-order valence-electron chi connectivity index (χ1n) is 13.2. The van der Waals surface area contributed by atoms with E-state index in [9.17, 15) is 0 Å². The van der Waals surface area contributed by atoms with Gasteiger partial charge in [-0.2, -0.15) is 0 Å². The van der Waals surface area contributed by atoms with Crippen LogP contribution >= 0.6 is 11.8 Å². The van der Waals surface area contributed by atoms with Crippen molar-refractivity contribution in [2.45, 2.75) is 64.2 Å². The van der Waals surface area contributed by atoms with Crippen LogP contribution in [0.1, 0.15) is 51.3 Å². The maximum atomic E-state index is 2.46. The molecule has 182 valence electrons. The number of benzene rings is 4. The summed E-state index contributed by atoms with van der Waals surface area (Å²) in [4.78, 5) is 2.85. The number of pyridine rings is 1. The van der Waals surface area contributed by atoms with Gasteiger partial charge in [0.15, 0.2) is 6.20 Å². The highest BCUT2D eigenvalue weighted by atomic mass is 32.2. The SMILES string of the molecule is Cc1c2c(c(CC(C)C)c3ccccc13)Sc1cc3cccc(CC(C)(C)C)c3c3cc[n+](C)c-2c13. The predicted octanol–water partition coefficient (Wildman–Crippen LogP) is 9.20. The zero-order chi connectivity index (χ0) is 25.4. The Bertz CT molecular complexity index is 1680. The number of fused-ring (bicyclic) bond motifs is 5. The normalized spacial score (nSPS) is 13.2. The van der Waals surface area contributed by atoms with E-state index >= 15 is 0 Å². The summed E-state index contributed by atoms with van der Waals surface area (Å²) in [6.45, 7) is 14.0. The minimum atomic E-state index is 0.237. The van der Waals surface area contributed by atoms with Crippen LogP contribution in [0.4, 0.5) is 0 Å². The Balaban J connectivity index is 1.77. The minimum Gasteiger partial charge on any atom is -0.200 e. The zero-order valence-electron chi connectivity index (χ0n) is 22.6. The fourth-order valence-corrected chi connectivity index (χ4v) is 7.64. The van der Waals surface area contributed by atoms with Crippen molar-refractivity contribution in [3.63, 3.8) is 0 Å². The maximum absolute atomic E-state index is 2.46. The molecule has 2 heteroatoms. The van der Waals surface area contributed by atoms with E-state index in [-0.39, 0.29) is 5.41 Å². The molecule has 0 bridgehead atoms. The average Bonchev–Trinajstić information content (AvgIpc) is 2.82. The second-order valence-corrected chi connectivity index (χ2v) is 13.3. The van der Waals surface area contributed by atoms with Gasteiger partial charge in [-0.25, -0.2) is 4.57 Å². The first kappa shape index (κ1) is 23.6. The Kier molecular flexibility index (Phi) is 5.46. The van der Waals surface area contributed by atoms with Gasteiger partial charge in [0.1, 0.15) is 7.05 Å². The summed E-state index contributed by atoms with van der Waals surface area (Å²) in [6.07, 6.45) is 4.45. The van der Waals surface area contributed by atoms with Crippen LogP contribution in [0.3, 0.4) is 0 Å². The number of hydrogen-bond acceptors (Lipinski definition) is 1. The molecule has 0 saturated carbocycles. The van der Waals surface area contributed by atoms with Gasteiger partial charge in [-0.1, -0.05) is 88.8 Å². The first-order chi connectivity index (χ1) is 17.1. The summed E-state index contributed by atoms with van der Waals surface area (Å²) in [6, 6.07) is 20.7. The highest BCUT2D eigenvalue weighted by molar-refractivity contribution is 8.00. The lowest BCUT2D eigenvalue weighted by Crippen LogP contribution is -2.32. The van der Waals surface area contributed by atoms with Crippen LogP contribution < -0.4 is 4.57 Å². The molecule has 0 amide bonds. The third-order valence-corrected chi connectivity index (χ3v) is 8.82. The Morgan fingerprint density at radius 2 is 1.64 bits per heavy atom. The molecule has 1 aliphatic heterocycles. The van der Waals surface area contributed by atoms with Gasteiger partial charge in [-0.3, -0.25) is 0 Å². The van der Waals surface area contributed by atoms with Crippen LogP contribution in [-0.2, 0) is 19.9 Å². The van der Waals surface area contributed by atoms with Crippen LogP contribution in [-0.4, -0.2) is 0 Å². The molecule has 36 heavy (non-hydrogen) atoms. The molecule has 0 fully saturated rings. The summed E-state index contributed by atoms with van der Waals surface area (Å²) >= 11 is 2.00. The number of nitrogens with zero attached hydrogens (tertiary/aromatic N) is 1. The standard InChI is InChI=1S/C34H36NS/c1-20(2)17-27-25-14-9-8-13-24(25)21(3)29-32-31-26(15-16-35(32)7)30-22(18-28(31)36-33(27)29)11-10-12-23(30)19-34(4,5)6/h8-16,18,20H,17,19H2,1-7H3/q+1. The van der Waals surface area contributed by atoms with Crippen molar-refractivity contribution in [2.75, 3.05) is 0 Å². The third kappa shape index (κ3) is 3.65. The van der Waals surface area contributed by atoms with Gasteiger partial charge in [-0.05, 0) is 75.4 Å². The molecule has 2 heterocycles. The molecule has 0 atom stereocenters.